The highest BCUT2D eigenvalue weighted by atomic mass is 16.5. The number of nitrogens with one attached hydrogen (secondary N) is 1. The third-order valence-electron chi connectivity index (χ3n) is 11.7. The number of hydrogen-bond acceptors (Lipinski definition) is 5. The number of amides is 1. The maximum atomic E-state index is 12.4. The third kappa shape index (κ3) is 42.3. The summed E-state index contributed by atoms with van der Waals surface area (Å²) in [6.45, 7) is 4.90. The van der Waals surface area contributed by atoms with Crippen molar-refractivity contribution >= 4 is 11.9 Å². The second kappa shape index (κ2) is 45.6. The normalized spacial score (nSPS) is 12.6. The average Bonchev–Trinajstić information content (AvgIpc) is 3.18. The number of rotatable bonds is 46. The zero-order valence-corrected chi connectivity index (χ0v) is 37.2. The number of aliphatic hydroxyl groups excluding tert-OH is 2. The fraction of sp³-hybridized carbons (Fsp3) is 0.959. The SMILES string of the molecule is CCCCCCCCCCCCCCCCCCCCC(=O)OCCCCCCCCCCCCCC(=O)NC(CO)C(O)CCCCCCCCCCC. The summed E-state index contributed by atoms with van der Waals surface area (Å²) in [5, 5.41) is 23.0. The van der Waals surface area contributed by atoms with Crippen molar-refractivity contribution in [2.45, 2.75) is 289 Å². The van der Waals surface area contributed by atoms with Crippen molar-refractivity contribution in [3.05, 3.63) is 0 Å². The van der Waals surface area contributed by atoms with Crippen LogP contribution in [0.5, 0.6) is 0 Å². The highest BCUT2D eigenvalue weighted by molar-refractivity contribution is 5.76. The van der Waals surface area contributed by atoms with Crippen molar-refractivity contribution in [2.24, 2.45) is 0 Å². The summed E-state index contributed by atoms with van der Waals surface area (Å²) < 4.78 is 5.47. The molecule has 0 saturated heterocycles. The lowest BCUT2D eigenvalue weighted by molar-refractivity contribution is -0.143. The molecule has 0 saturated carbocycles. The van der Waals surface area contributed by atoms with Crippen molar-refractivity contribution in [1.82, 2.24) is 5.32 Å². The standard InChI is InChI=1S/C49H97NO5/c1-3-5-7-9-11-13-14-15-16-17-18-19-20-23-27-31-35-39-43-49(54)55-44-40-36-32-28-24-21-22-26-30-34-38-42-48(53)50-46(45-51)47(52)41-37-33-29-25-12-10-8-6-4-2/h46-47,51-52H,3-45H2,1-2H3,(H,50,53). The van der Waals surface area contributed by atoms with Gasteiger partial charge in [-0.25, -0.2) is 0 Å². The fourth-order valence-electron chi connectivity index (χ4n) is 7.82. The lowest BCUT2D eigenvalue weighted by Gasteiger charge is -2.22. The molecule has 1 amide bonds. The molecule has 0 aliphatic carbocycles. The van der Waals surface area contributed by atoms with E-state index in [1.54, 1.807) is 0 Å². The van der Waals surface area contributed by atoms with Gasteiger partial charge >= 0.3 is 5.97 Å². The van der Waals surface area contributed by atoms with Crippen molar-refractivity contribution < 1.29 is 24.5 Å². The molecule has 2 unspecified atom stereocenters. The first-order chi connectivity index (χ1) is 27.0. The van der Waals surface area contributed by atoms with Gasteiger partial charge in [0.2, 0.25) is 5.91 Å². The molecule has 0 radical (unpaired) electrons. The Labute approximate surface area is 343 Å². The van der Waals surface area contributed by atoms with Gasteiger partial charge in [-0.15, -0.1) is 0 Å². The Morgan fingerprint density at radius 1 is 0.436 bits per heavy atom. The van der Waals surface area contributed by atoms with Crippen LogP contribution < -0.4 is 5.32 Å². The van der Waals surface area contributed by atoms with Gasteiger partial charge in [0.05, 0.1) is 25.4 Å². The molecule has 2 atom stereocenters. The Bertz CT molecular complexity index is 776. The summed E-state index contributed by atoms with van der Waals surface area (Å²) in [4.78, 5) is 24.4. The summed E-state index contributed by atoms with van der Waals surface area (Å²) in [5.41, 5.74) is 0. The molecule has 0 aliphatic heterocycles. The summed E-state index contributed by atoms with van der Waals surface area (Å²) in [7, 11) is 0. The Hall–Kier alpha value is -1.14. The maximum Gasteiger partial charge on any atom is 0.305 e. The molecule has 0 spiro atoms. The average molecular weight is 780 g/mol. The molecule has 0 aromatic rings. The van der Waals surface area contributed by atoms with Crippen LogP contribution in [0.25, 0.3) is 0 Å². The Balaban J connectivity index is 3.40. The number of ether oxygens (including phenoxy) is 1. The molecule has 328 valence electrons. The molecule has 0 fully saturated rings. The van der Waals surface area contributed by atoms with E-state index in [4.69, 9.17) is 4.74 Å². The van der Waals surface area contributed by atoms with E-state index in [0.29, 0.717) is 25.9 Å². The minimum absolute atomic E-state index is 0.00939. The first kappa shape index (κ1) is 53.9. The maximum absolute atomic E-state index is 12.4. The zero-order chi connectivity index (χ0) is 40.1. The van der Waals surface area contributed by atoms with Crippen LogP contribution in [0.1, 0.15) is 277 Å². The van der Waals surface area contributed by atoms with Gasteiger partial charge in [0.25, 0.3) is 0 Å². The Kier molecular flexibility index (Phi) is 44.6. The van der Waals surface area contributed by atoms with Gasteiger partial charge in [0.15, 0.2) is 0 Å². The number of esters is 1. The number of carbonyl (C=O) groups excluding carboxylic acids is 2. The van der Waals surface area contributed by atoms with Crippen molar-refractivity contribution in [2.75, 3.05) is 13.2 Å². The van der Waals surface area contributed by atoms with Gasteiger partial charge in [-0.1, -0.05) is 239 Å². The second-order valence-electron chi connectivity index (χ2n) is 17.2. The number of unbranched alkanes of at least 4 members (excludes halogenated alkanes) is 35. The summed E-state index contributed by atoms with van der Waals surface area (Å²) in [6, 6.07) is -0.551. The van der Waals surface area contributed by atoms with E-state index in [1.165, 1.54) is 186 Å². The molecule has 55 heavy (non-hydrogen) atoms. The number of aliphatic hydroxyl groups is 2. The largest absolute Gasteiger partial charge is 0.466 e. The number of hydrogen-bond donors (Lipinski definition) is 3. The van der Waals surface area contributed by atoms with Crippen LogP contribution in [0.15, 0.2) is 0 Å². The molecule has 0 aromatic heterocycles. The third-order valence-corrected chi connectivity index (χ3v) is 11.7. The lowest BCUT2D eigenvalue weighted by atomic mass is 10.0. The van der Waals surface area contributed by atoms with Gasteiger partial charge in [0.1, 0.15) is 0 Å². The van der Waals surface area contributed by atoms with Gasteiger partial charge < -0.3 is 20.3 Å². The predicted molar refractivity (Wildman–Crippen MR) is 237 cm³/mol. The van der Waals surface area contributed by atoms with E-state index in [-0.39, 0.29) is 18.5 Å². The topological polar surface area (TPSA) is 95.9 Å². The molecule has 3 N–H and O–H groups in total. The summed E-state index contributed by atoms with van der Waals surface area (Å²) in [6.07, 6.45) is 49.3. The van der Waals surface area contributed by atoms with Crippen molar-refractivity contribution in [3.8, 4) is 0 Å². The molecule has 0 aromatic carbocycles. The molecule has 0 heterocycles. The summed E-state index contributed by atoms with van der Waals surface area (Å²) >= 11 is 0. The van der Waals surface area contributed by atoms with Crippen LogP contribution >= 0.6 is 0 Å². The molecule has 0 aliphatic rings. The Morgan fingerprint density at radius 2 is 0.745 bits per heavy atom. The quantitative estimate of drug-likeness (QED) is 0.0422. The summed E-state index contributed by atoms with van der Waals surface area (Å²) in [5.74, 6) is -0.0643. The second-order valence-corrected chi connectivity index (χ2v) is 17.2. The highest BCUT2D eigenvalue weighted by Crippen LogP contribution is 2.17. The predicted octanol–water partition coefficient (Wildman–Crippen LogP) is 14.4. The molecule has 0 bridgehead atoms. The fourth-order valence-corrected chi connectivity index (χ4v) is 7.82. The highest BCUT2D eigenvalue weighted by Gasteiger charge is 2.20. The van der Waals surface area contributed by atoms with Crippen LogP contribution in [0.2, 0.25) is 0 Å². The first-order valence-corrected chi connectivity index (χ1v) is 24.8. The van der Waals surface area contributed by atoms with E-state index in [0.717, 1.165) is 57.8 Å². The smallest absolute Gasteiger partial charge is 0.305 e. The molecule has 0 rings (SSSR count). The van der Waals surface area contributed by atoms with E-state index in [9.17, 15) is 19.8 Å². The van der Waals surface area contributed by atoms with Crippen molar-refractivity contribution in [1.29, 1.82) is 0 Å². The van der Waals surface area contributed by atoms with Crippen LogP contribution in [0, 0.1) is 0 Å². The van der Waals surface area contributed by atoms with Crippen LogP contribution in [-0.2, 0) is 14.3 Å². The van der Waals surface area contributed by atoms with Crippen LogP contribution in [-0.4, -0.2) is 47.4 Å². The zero-order valence-electron chi connectivity index (χ0n) is 37.2. The van der Waals surface area contributed by atoms with E-state index in [1.807, 2.05) is 0 Å². The minimum atomic E-state index is -0.672. The van der Waals surface area contributed by atoms with Crippen LogP contribution in [0.3, 0.4) is 0 Å². The first-order valence-electron chi connectivity index (χ1n) is 24.8. The van der Waals surface area contributed by atoms with E-state index >= 15 is 0 Å². The van der Waals surface area contributed by atoms with Crippen LogP contribution in [0.4, 0.5) is 0 Å². The molecule has 6 nitrogen and oxygen atoms in total. The Morgan fingerprint density at radius 3 is 1.11 bits per heavy atom. The van der Waals surface area contributed by atoms with Crippen molar-refractivity contribution in [3.63, 3.8) is 0 Å². The van der Waals surface area contributed by atoms with Gasteiger partial charge in [-0.2, -0.15) is 0 Å². The van der Waals surface area contributed by atoms with E-state index < -0.39 is 12.1 Å². The van der Waals surface area contributed by atoms with E-state index in [2.05, 4.69) is 19.2 Å². The number of carbonyl (C=O) groups is 2. The van der Waals surface area contributed by atoms with Gasteiger partial charge in [-0.3, -0.25) is 9.59 Å². The van der Waals surface area contributed by atoms with Gasteiger partial charge in [0, 0.05) is 12.8 Å². The molecule has 6 heteroatoms. The van der Waals surface area contributed by atoms with Gasteiger partial charge in [-0.05, 0) is 25.7 Å². The molecular formula is C49H97NO5. The lowest BCUT2D eigenvalue weighted by Crippen LogP contribution is -2.45. The monoisotopic (exact) mass is 780 g/mol. The molecular weight excluding hydrogens is 683 g/mol. The minimum Gasteiger partial charge on any atom is -0.466 e.